The highest BCUT2D eigenvalue weighted by molar-refractivity contribution is 6.14. The molecule has 0 radical (unpaired) electrons. The van der Waals surface area contributed by atoms with E-state index in [1.807, 2.05) is 42.5 Å². The zero-order valence-corrected chi connectivity index (χ0v) is 15.8. The summed E-state index contributed by atoms with van der Waals surface area (Å²) >= 11 is 0. The van der Waals surface area contributed by atoms with Crippen molar-refractivity contribution in [2.75, 3.05) is 7.11 Å². The van der Waals surface area contributed by atoms with Crippen molar-refractivity contribution in [3.8, 4) is 17.2 Å². The van der Waals surface area contributed by atoms with Gasteiger partial charge in [-0.2, -0.15) is 0 Å². The first-order chi connectivity index (χ1) is 13.6. The lowest BCUT2D eigenvalue weighted by Crippen LogP contribution is -1.98. The number of carbonyl (C=O) groups is 1. The lowest BCUT2D eigenvalue weighted by atomic mass is 10.1. The molecule has 0 aliphatic carbocycles. The summed E-state index contributed by atoms with van der Waals surface area (Å²) in [6.45, 7) is 2.52. The standard InChI is InChI=1S/C24H20O4/c1-16-5-3-4-6-18(16)15-27-20-11-12-21-22(14-20)28-23(24(21)25)13-17-7-9-19(26-2)10-8-17/h3-14H,15H2,1-2H3. The van der Waals surface area contributed by atoms with Crippen LogP contribution in [0.2, 0.25) is 0 Å². The van der Waals surface area contributed by atoms with Gasteiger partial charge >= 0.3 is 0 Å². The first-order valence-corrected chi connectivity index (χ1v) is 9.04. The van der Waals surface area contributed by atoms with E-state index in [0.29, 0.717) is 29.4 Å². The fourth-order valence-corrected chi connectivity index (χ4v) is 3.04. The Labute approximate surface area is 164 Å². The van der Waals surface area contributed by atoms with Gasteiger partial charge in [0.25, 0.3) is 0 Å². The molecule has 0 saturated heterocycles. The van der Waals surface area contributed by atoms with Gasteiger partial charge < -0.3 is 14.2 Å². The van der Waals surface area contributed by atoms with Crippen molar-refractivity contribution in [3.63, 3.8) is 0 Å². The van der Waals surface area contributed by atoms with Crippen molar-refractivity contribution >= 4 is 11.9 Å². The van der Waals surface area contributed by atoms with Crippen LogP contribution >= 0.6 is 0 Å². The average molecular weight is 372 g/mol. The van der Waals surface area contributed by atoms with Crippen LogP contribution in [0.4, 0.5) is 0 Å². The first kappa shape index (κ1) is 17.9. The summed E-state index contributed by atoms with van der Waals surface area (Å²) in [5.74, 6) is 2.12. The number of fused-ring (bicyclic) bond motifs is 1. The molecule has 0 N–H and O–H groups in total. The quantitative estimate of drug-likeness (QED) is 0.578. The van der Waals surface area contributed by atoms with E-state index in [9.17, 15) is 4.79 Å². The van der Waals surface area contributed by atoms with Crippen LogP contribution in [0.3, 0.4) is 0 Å². The van der Waals surface area contributed by atoms with Crippen LogP contribution in [-0.2, 0) is 6.61 Å². The van der Waals surface area contributed by atoms with Crippen LogP contribution in [0.15, 0.2) is 72.5 Å². The van der Waals surface area contributed by atoms with Gasteiger partial charge in [-0.3, -0.25) is 4.79 Å². The topological polar surface area (TPSA) is 44.8 Å². The molecule has 0 unspecified atom stereocenters. The Morgan fingerprint density at radius 3 is 2.46 bits per heavy atom. The monoisotopic (exact) mass is 372 g/mol. The number of ketones is 1. The third-order valence-corrected chi connectivity index (χ3v) is 4.71. The van der Waals surface area contributed by atoms with E-state index < -0.39 is 0 Å². The second-order valence-corrected chi connectivity index (χ2v) is 6.59. The number of hydrogen-bond acceptors (Lipinski definition) is 4. The zero-order chi connectivity index (χ0) is 19.5. The second kappa shape index (κ2) is 7.61. The summed E-state index contributed by atoms with van der Waals surface area (Å²) in [5, 5.41) is 0. The Morgan fingerprint density at radius 1 is 0.964 bits per heavy atom. The number of methoxy groups -OCH3 is 1. The lowest BCUT2D eigenvalue weighted by Gasteiger charge is -2.09. The van der Waals surface area contributed by atoms with Crippen LogP contribution in [0.25, 0.3) is 6.08 Å². The number of aryl methyl sites for hydroxylation is 1. The molecule has 0 atom stereocenters. The summed E-state index contributed by atoms with van der Waals surface area (Å²) in [5.41, 5.74) is 3.72. The third-order valence-electron chi connectivity index (χ3n) is 4.71. The molecule has 1 aliphatic heterocycles. The molecule has 28 heavy (non-hydrogen) atoms. The molecule has 1 aliphatic rings. The van der Waals surface area contributed by atoms with Gasteiger partial charge in [0, 0.05) is 6.07 Å². The number of hydrogen-bond donors (Lipinski definition) is 0. The predicted molar refractivity (Wildman–Crippen MR) is 108 cm³/mol. The first-order valence-electron chi connectivity index (χ1n) is 9.04. The van der Waals surface area contributed by atoms with Crippen LogP contribution < -0.4 is 14.2 Å². The fraction of sp³-hybridized carbons (Fsp3) is 0.125. The average Bonchev–Trinajstić information content (AvgIpc) is 3.03. The van der Waals surface area contributed by atoms with Gasteiger partial charge in [0.1, 0.15) is 23.9 Å². The van der Waals surface area contributed by atoms with Gasteiger partial charge in [-0.05, 0) is 54.0 Å². The summed E-state index contributed by atoms with van der Waals surface area (Å²) in [6.07, 6.45) is 1.73. The molecule has 1 heterocycles. The highest BCUT2D eigenvalue weighted by atomic mass is 16.5. The molecule has 4 rings (SSSR count). The number of Topliss-reactive ketones (excluding diaryl/α,β-unsaturated/α-hetero) is 1. The third kappa shape index (κ3) is 3.62. The van der Waals surface area contributed by atoms with E-state index in [1.165, 1.54) is 5.56 Å². The maximum absolute atomic E-state index is 12.6. The second-order valence-electron chi connectivity index (χ2n) is 6.59. The number of benzene rings is 3. The van der Waals surface area contributed by atoms with Gasteiger partial charge in [0.05, 0.1) is 12.7 Å². The van der Waals surface area contributed by atoms with Crippen LogP contribution in [0.5, 0.6) is 17.2 Å². The largest absolute Gasteiger partial charge is 0.497 e. The van der Waals surface area contributed by atoms with E-state index in [4.69, 9.17) is 14.2 Å². The fourth-order valence-electron chi connectivity index (χ4n) is 3.04. The maximum atomic E-state index is 12.6. The summed E-state index contributed by atoms with van der Waals surface area (Å²) in [4.78, 5) is 12.6. The van der Waals surface area contributed by atoms with Crippen LogP contribution in [0.1, 0.15) is 27.0 Å². The zero-order valence-electron chi connectivity index (χ0n) is 15.8. The van der Waals surface area contributed by atoms with Crippen molar-refractivity contribution in [3.05, 3.63) is 94.7 Å². The summed E-state index contributed by atoms with van der Waals surface area (Å²) in [6, 6.07) is 20.8. The lowest BCUT2D eigenvalue weighted by molar-refractivity contribution is 0.101. The minimum atomic E-state index is -0.128. The Hall–Kier alpha value is -3.53. The number of rotatable bonds is 5. The van der Waals surface area contributed by atoms with Crippen molar-refractivity contribution in [2.45, 2.75) is 13.5 Å². The van der Waals surface area contributed by atoms with E-state index in [2.05, 4.69) is 13.0 Å². The molecule has 0 amide bonds. The minimum Gasteiger partial charge on any atom is -0.497 e. The smallest absolute Gasteiger partial charge is 0.231 e. The van der Waals surface area contributed by atoms with Crippen molar-refractivity contribution in [1.29, 1.82) is 0 Å². The molecule has 3 aromatic rings. The Kier molecular flexibility index (Phi) is 4.85. The van der Waals surface area contributed by atoms with E-state index in [-0.39, 0.29) is 5.78 Å². The summed E-state index contributed by atoms with van der Waals surface area (Å²) in [7, 11) is 1.62. The molecule has 4 heteroatoms. The summed E-state index contributed by atoms with van der Waals surface area (Å²) < 4.78 is 16.8. The van der Waals surface area contributed by atoms with Gasteiger partial charge in [-0.15, -0.1) is 0 Å². The molecule has 140 valence electrons. The molecule has 0 spiro atoms. The molecular formula is C24H20O4. The maximum Gasteiger partial charge on any atom is 0.231 e. The molecule has 4 nitrogen and oxygen atoms in total. The van der Waals surface area contributed by atoms with Gasteiger partial charge in [-0.1, -0.05) is 36.4 Å². The molecule has 0 aromatic heterocycles. The molecule has 3 aromatic carbocycles. The van der Waals surface area contributed by atoms with Crippen LogP contribution in [0, 0.1) is 6.92 Å². The number of carbonyl (C=O) groups excluding carboxylic acids is 1. The Balaban J connectivity index is 1.50. The Morgan fingerprint density at radius 2 is 1.71 bits per heavy atom. The van der Waals surface area contributed by atoms with E-state index in [1.54, 1.807) is 31.4 Å². The molecular weight excluding hydrogens is 352 g/mol. The molecule has 0 bridgehead atoms. The van der Waals surface area contributed by atoms with Crippen molar-refractivity contribution in [2.24, 2.45) is 0 Å². The Bertz CT molecular complexity index is 1050. The van der Waals surface area contributed by atoms with Crippen molar-refractivity contribution < 1.29 is 19.0 Å². The van der Waals surface area contributed by atoms with E-state index >= 15 is 0 Å². The minimum absolute atomic E-state index is 0.128. The normalized spacial score (nSPS) is 13.9. The van der Waals surface area contributed by atoms with E-state index in [0.717, 1.165) is 16.9 Å². The molecule has 0 saturated carbocycles. The number of allylic oxidation sites excluding steroid dienone is 1. The SMILES string of the molecule is COc1ccc(C=C2Oc3cc(OCc4ccccc4C)ccc3C2=O)cc1. The highest BCUT2D eigenvalue weighted by Gasteiger charge is 2.27. The van der Waals surface area contributed by atoms with Gasteiger partial charge in [-0.25, -0.2) is 0 Å². The number of ether oxygens (including phenoxy) is 3. The van der Waals surface area contributed by atoms with Crippen molar-refractivity contribution in [1.82, 2.24) is 0 Å². The highest BCUT2D eigenvalue weighted by Crippen LogP contribution is 2.35. The predicted octanol–water partition coefficient (Wildman–Crippen LogP) is 5.20. The van der Waals surface area contributed by atoms with Crippen LogP contribution in [-0.4, -0.2) is 12.9 Å². The molecule has 0 fully saturated rings. The van der Waals surface area contributed by atoms with Gasteiger partial charge in [0.15, 0.2) is 5.76 Å². The van der Waals surface area contributed by atoms with Gasteiger partial charge in [0.2, 0.25) is 5.78 Å².